The molecule has 0 amide bonds. The monoisotopic (exact) mass is 382 g/mol. The molecule has 1 N–H and O–H groups in total. The summed E-state index contributed by atoms with van der Waals surface area (Å²) in [5.41, 5.74) is -0.382. The zero-order chi connectivity index (χ0) is 19.8. The molecule has 1 rings (SSSR count). The molecule has 11 heteroatoms. The first-order valence-electron chi connectivity index (χ1n) is 6.54. The zero-order valence-corrected chi connectivity index (χ0v) is 12.4. The van der Waals surface area contributed by atoms with E-state index in [9.17, 15) is 49.4 Å². The highest BCUT2D eigenvalue weighted by Gasteiger charge is 2.81. The van der Waals surface area contributed by atoms with Crippen molar-refractivity contribution in [1.29, 1.82) is 0 Å². The molecule has 25 heavy (non-hydrogen) atoms. The van der Waals surface area contributed by atoms with Crippen LogP contribution >= 0.6 is 0 Å². The van der Waals surface area contributed by atoms with E-state index in [0.717, 1.165) is 31.2 Å². The second kappa shape index (κ2) is 6.50. The summed E-state index contributed by atoms with van der Waals surface area (Å²) in [6.07, 6.45) is -11.8. The van der Waals surface area contributed by atoms with Gasteiger partial charge in [0.25, 0.3) is 0 Å². The Morgan fingerprint density at radius 2 is 1.36 bits per heavy atom. The van der Waals surface area contributed by atoms with Gasteiger partial charge < -0.3 is 5.11 Å². The molecule has 0 radical (unpaired) electrons. The molecule has 0 aliphatic rings. The lowest BCUT2D eigenvalue weighted by molar-refractivity contribution is -0.398. The SMILES string of the molecule is CC(=O)c1ccc(C(O)CC(F)(F)C(F)(F)C(F)(F)C(F)(F)F)cc1. The van der Waals surface area contributed by atoms with Gasteiger partial charge >= 0.3 is 23.9 Å². The van der Waals surface area contributed by atoms with E-state index in [-0.39, 0.29) is 5.56 Å². The third-order valence-electron chi connectivity index (χ3n) is 3.36. The average Bonchev–Trinajstić information content (AvgIpc) is 2.45. The Kier molecular flexibility index (Phi) is 5.53. The number of hydrogen-bond donors (Lipinski definition) is 1. The van der Waals surface area contributed by atoms with Gasteiger partial charge in [-0.1, -0.05) is 24.3 Å². The fraction of sp³-hybridized carbons (Fsp3) is 0.500. The van der Waals surface area contributed by atoms with E-state index in [1.54, 1.807) is 0 Å². The molecule has 0 fully saturated rings. The van der Waals surface area contributed by atoms with Crippen LogP contribution in [-0.2, 0) is 0 Å². The van der Waals surface area contributed by atoms with Crippen LogP contribution in [0.2, 0.25) is 0 Å². The molecular formula is C14H11F9O2. The van der Waals surface area contributed by atoms with Crippen molar-refractivity contribution in [3.05, 3.63) is 35.4 Å². The number of carbonyl (C=O) groups is 1. The number of rotatable bonds is 6. The minimum absolute atomic E-state index is 0.0802. The predicted molar refractivity (Wildman–Crippen MR) is 66.9 cm³/mol. The standard InChI is InChI=1S/C14H11F9O2/c1-7(24)8-2-4-9(5-3-8)10(25)6-11(15,16)12(17,18)13(19,20)14(21,22)23/h2-5,10,25H,6H2,1H3. The number of benzene rings is 1. The lowest BCUT2D eigenvalue weighted by atomic mass is 9.94. The highest BCUT2D eigenvalue weighted by atomic mass is 19.4. The molecule has 0 saturated carbocycles. The van der Waals surface area contributed by atoms with Gasteiger partial charge in [0, 0.05) is 12.0 Å². The smallest absolute Gasteiger partial charge is 0.388 e. The molecule has 0 heterocycles. The molecule has 1 aromatic rings. The maximum Gasteiger partial charge on any atom is 0.460 e. The molecule has 0 aliphatic heterocycles. The molecule has 0 bridgehead atoms. The van der Waals surface area contributed by atoms with Gasteiger partial charge in [0.15, 0.2) is 5.78 Å². The van der Waals surface area contributed by atoms with Crippen LogP contribution in [0, 0.1) is 0 Å². The van der Waals surface area contributed by atoms with Crippen LogP contribution in [0.3, 0.4) is 0 Å². The molecule has 1 aromatic carbocycles. The molecule has 142 valence electrons. The van der Waals surface area contributed by atoms with Crippen molar-refractivity contribution in [2.75, 3.05) is 0 Å². The third-order valence-corrected chi connectivity index (χ3v) is 3.36. The summed E-state index contributed by atoms with van der Waals surface area (Å²) in [5.74, 6) is -20.1. The Bertz CT molecular complexity index is 620. The number of aliphatic hydroxyl groups excluding tert-OH is 1. The number of carbonyl (C=O) groups excluding carboxylic acids is 1. The number of hydrogen-bond acceptors (Lipinski definition) is 2. The predicted octanol–water partition coefficient (Wildman–Crippen LogP) is 4.78. The minimum Gasteiger partial charge on any atom is -0.388 e. The fourth-order valence-corrected chi connectivity index (χ4v) is 1.84. The second-order valence-electron chi connectivity index (χ2n) is 5.25. The van der Waals surface area contributed by atoms with Crippen molar-refractivity contribution in [1.82, 2.24) is 0 Å². The van der Waals surface area contributed by atoms with Crippen molar-refractivity contribution in [2.45, 2.75) is 43.4 Å². The van der Waals surface area contributed by atoms with E-state index < -0.39 is 47.8 Å². The Labute approximate surface area is 135 Å². The van der Waals surface area contributed by atoms with E-state index >= 15 is 0 Å². The van der Waals surface area contributed by atoms with Crippen LogP contribution in [0.4, 0.5) is 39.5 Å². The molecule has 0 saturated heterocycles. The molecular weight excluding hydrogens is 371 g/mol. The molecule has 2 nitrogen and oxygen atoms in total. The highest BCUT2D eigenvalue weighted by Crippen LogP contribution is 2.55. The summed E-state index contributed by atoms with van der Waals surface area (Å²) in [7, 11) is 0. The van der Waals surface area contributed by atoms with Gasteiger partial charge in [-0.2, -0.15) is 39.5 Å². The van der Waals surface area contributed by atoms with Gasteiger partial charge in [-0.3, -0.25) is 4.79 Å². The average molecular weight is 382 g/mol. The quantitative estimate of drug-likeness (QED) is 0.568. The number of ketones is 1. The molecule has 1 atom stereocenters. The van der Waals surface area contributed by atoms with Crippen molar-refractivity contribution < 1.29 is 49.4 Å². The number of halogens is 9. The fourth-order valence-electron chi connectivity index (χ4n) is 1.84. The first-order chi connectivity index (χ1) is 11.0. The summed E-state index contributed by atoms with van der Waals surface area (Å²) in [6, 6.07) is 3.86. The Morgan fingerprint density at radius 3 is 1.72 bits per heavy atom. The summed E-state index contributed by atoms with van der Waals surface area (Å²) < 4.78 is 115. The first-order valence-corrected chi connectivity index (χ1v) is 6.54. The summed E-state index contributed by atoms with van der Waals surface area (Å²) in [6.45, 7) is 1.15. The van der Waals surface area contributed by atoms with E-state index in [2.05, 4.69) is 0 Å². The molecule has 0 aliphatic carbocycles. The van der Waals surface area contributed by atoms with Gasteiger partial charge in [-0.25, -0.2) is 0 Å². The van der Waals surface area contributed by atoms with Crippen LogP contribution in [0.15, 0.2) is 24.3 Å². The van der Waals surface area contributed by atoms with Gasteiger partial charge in [0.2, 0.25) is 0 Å². The molecule has 0 spiro atoms. The van der Waals surface area contributed by atoms with Gasteiger partial charge in [0.1, 0.15) is 0 Å². The summed E-state index contributed by atoms with van der Waals surface area (Å²) >= 11 is 0. The van der Waals surface area contributed by atoms with Crippen molar-refractivity contribution in [2.24, 2.45) is 0 Å². The van der Waals surface area contributed by atoms with Gasteiger partial charge in [-0.05, 0) is 12.5 Å². The number of Topliss-reactive ketones (excluding diaryl/α,β-unsaturated/α-hetero) is 1. The van der Waals surface area contributed by atoms with E-state index in [4.69, 9.17) is 0 Å². The lowest BCUT2D eigenvalue weighted by Crippen LogP contribution is -2.61. The van der Waals surface area contributed by atoms with Crippen LogP contribution in [0.5, 0.6) is 0 Å². The lowest BCUT2D eigenvalue weighted by Gasteiger charge is -2.34. The number of aliphatic hydroxyl groups is 1. The van der Waals surface area contributed by atoms with Crippen molar-refractivity contribution in [3.63, 3.8) is 0 Å². The topological polar surface area (TPSA) is 37.3 Å². The largest absolute Gasteiger partial charge is 0.460 e. The molecule has 0 aromatic heterocycles. The normalized spacial score (nSPS) is 15.2. The second-order valence-corrected chi connectivity index (χ2v) is 5.25. The van der Waals surface area contributed by atoms with Crippen LogP contribution in [-0.4, -0.2) is 34.8 Å². The van der Waals surface area contributed by atoms with Crippen LogP contribution in [0.1, 0.15) is 35.4 Å². The Balaban J connectivity index is 3.08. The minimum atomic E-state index is -7.00. The number of alkyl halides is 9. The van der Waals surface area contributed by atoms with Crippen LogP contribution < -0.4 is 0 Å². The summed E-state index contributed by atoms with van der Waals surface area (Å²) in [4.78, 5) is 11.0. The summed E-state index contributed by atoms with van der Waals surface area (Å²) in [5, 5.41) is 9.49. The maximum atomic E-state index is 13.4. The highest BCUT2D eigenvalue weighted by molar-refractivity contribution is 5.94. The van der Waals surface area contributed by atoms with Crippen molar-refractivity contribution in [3.8, 4) is 0 Å². The van der Waals surface area contributed by atoms with Crippen molar-refractivity contribution >= 4 is 5.78 Å². The van der Waals surface area contributed by atoms with Gasteiger partial charge in [0.05, 0.1) is 6.10 Å². The van der Waals surface area contributed by atoms with E-state index in [1.807, 2.05) is 0 Å². The third kappa shape index (κ3) is 3.91. The van der Waals surface area contributed by atoms with E-state index in [1.165, 1.54) is 0 Å². The first kappa shape index (κ1) is 21.3. The maximum absolute atomic E-state index is 13.4. The Morgan fingerprint density at radius 1 is 0.920 bits per heavy atom. The Hall–Kier alpha value is -1.78. The molecule has 1 unspecified atom stereocenters. The van der Waals surface area contributed by atoms with Gasteiger partial charge in [-0.15, -0.1) is 0 Å². The van der Waals surface area contributed by atoms with Crippen LogP contribution in [0.25, 0.3) is 0 Å². The zero-order valence-electron chi connectivity index (χ0n) is 12.4. The van der Waals surface area contributed by atoms with E-state index in [0.29, 0.717) is 0 Å².